The van der Waals surface area contributed by atoms with Crippen LogP contribution in [0.25, 0.3) is 0 Å². The molecule has 0 fully saturated rings. The lowest BCUT2D eigenvalue weighted by Gasteiger charge is -2.12. The fourth-order valence-electron chi connectivity index (χ4n) is 1.31. The van der Waals surface area contributed by atoms with Gasteiger partial charge >= 0.3 is 6.18 Å². The van der Waals surface area contributed by atoms with E-state index in [1.54, 1.807) is 0 Å². The second-order valence-electron chi connectivity index (χ2n) is 3.68. The Bertz CT molecular complexity index is 665. The molecule has 5 nitrogen and oxygen atoms in total. The van der Waals surface area contributed by atoms with Crippen LogP contribution in [0.2, 0.25) is 0 Å². The molecule has 0 aliphatic rings. The van der Waals surface area contributed by atoms with Gasteiger partial charge in [0.05, 0.1) is 22.0 Å². The van der Waals surface area contributed by atoms with Crippen LogP contribution >= 0.6 is 0 Å². The van der Waals surface area contributed by atoms with Gasteiger partial charge in [0.2, 0.25) is 10.0 Å². The molecule has 0 aromatic heterocycles. The van der Waals surface area contributed by atoms with Gasteiger partial charge in [-0.25, -0.2) is 22.0 Å². The van der Waals surface area contributed by atoms with E-state index in [1.165, 1.54) is 0 Å². The standard InChI is InChI=1S/C9H10F3NO4S2/c10-9(11,12)7-3-1-2-4-8(7)18(14,15)5-6-19(13,16)17/h1-4H,5-6H2,(H2,13,16,17). The Morgan fingerprint density at radius 1 is 1.00 bits per heavy atom. The lowest BCUT2D eigenvalue weighted by Crippen LogP contribution is -2.24. The van der Waals surface area contributed by atoms with Crippen molar-refractivity contribution in [2.45, 2.75) is 11.1 Å². The van der Waals surface area contributed by atoms with Crippen molar-refractivity contribution >= 4 is 19.9 Å². The van der Waals surface area contributed by atoms with Crippen LogP contribution in [0.1, 0.15) is 5.56 Å². The van der Waals surface area contributed by atoms with Crippen LogP contribution in [0.4, 0.5) is 13.2 Å². The van der Waals surface area contributed by atoms with E-state index in [-0.39, 0.29) is 0 Å². The molecule has 0 amide bonds. The van der Waals surface area contributed by atoms with Crippen molar-refractivity contribution in [1.29, 1.82) is 0 Å². The molecular formula is C9H10F3NO4S2. The minimum Gasteiger partial charge on any atom is -0.229 e. The second kappa shape index (κ2) is 5.10. The van der Waals surface area contributed by atoms with Crippen molar-refractivity contribution < 1.29 is 30.0 Å². The molecule has 10 heteroatoms. The third-order valence-corrected chi connectivity index (χ3v) is 4.96. The van der Waals surface area contributed by atoms with Crippen LogP contribution in [0.3, 0.4) is 0 Å². The van der Waals surface area contributed by atoms with Crippen molar-refractivity contribution in [1.82, 2.24) is 0 Å². The highest BCUT2D eigenvalue weighted by molar-refractivity contribution is 7.94. The maximum absolute atomic E-state index is 12.6. The van der Waals surface area contributed by atoms with Gasteiger partial charge in [-0.1, -0.05) is 12.1 Å². The quantitative estimate of drug-likeness (QED) is 0.887. The second-order valence-corrected chi connectivity index (χ2v) is 7.49. The molecule has 0 spiro atoms. The number of alkyl halides is 3. The maximum Gasteiger partial charge on any atom is 0.417 e. The van der Waals surface area contributed by atoms with Crippen LogP contribution in [-0.2, 0) is 26.0 Å². The predicted molar refractivity (Wildman–Crippen MR) is 61.5 cm³/mol. The number of sulfonamides is 1. The van der Waals surface area contributed by atoms with Crippen LogP contribution in [-0.4, -0.2) is 28.3 Å². The Labute approximate surface area is 108 Å². The fraction of sp³-hybridized carbons (Fsp3) is 0.333. The van der Waals surface area contributed by atoms with Gasteiger partial charge in [-0.15, -0.1) is 0 Å². The third-order valence-electron chi connectivity index (χ3n) is 2.16. The van der Waals surface area contributed by atoms with Crippen LogP contribution in [0, 0.1) is 0 Å². The fourth-order valence-corrected chi connectivity index (χ4v) is 4.14. The van der Waals surface area contributed by atoms with Gasteiger partial charge < -0.3 is 0 Å². The number of hydrogen-bond donors (Lipinski definition) is 1. The molecular weight excluding hydrogens is 307 g/mol. The summed E-state index contributed by atoms with van der Waals surface area (Å²) in [5, 5.41) is 4.63. The molecule has 2 N–H and O–H groups in total. The average molecular weight is 317 g/mol. The number of rotatable bonds is 4. The van der Waals surface area contributed by atoms with Crippen LogP contribution in [0.5, 0.6) is 0 Å². The summed E-state index contributed by atoms with van der Waals surface area (Å²) in [5.41, 5.74) is -1.33. The summed E-state index contributed by atoms with van der Waals surface area (Å²) in [6.45, 7) is 0. The van der Waals surface area contributed by atoms with E-state index in [9.17, 15) is 30.0 Å². The molecule has 0 bridgehead atoms. The first kappa shape index (κ1) is 15.9. The SMILES string of the molecule is NS(=O)(=O)CCS(=O)(=O)c1ccccc1C(F)(F)F. The van der Waals surface area contributed by atoms with E-state index in [1.807, 2.05) is 0 Å². The smallest absolute Gasteiger partial charge is 0.229 e. The predicted octanol–water partition coefficient (Wildman–Crippen LogP) is 0.768. The summed E-state index contributed by atoms with van der Waals surface area (Å²) in [7, 11) is -8.46. The minimum atomic E-state index is -4.84. The largest absolute Gasteiger partial charge is 0.417 e. The maximum atomic E-state index is 12.6. The first-order valence-corrected chi connectivity index (χ1v) is 8.20. The van der Waals surface area contributed by atoms with E-state index in [4.69, 9.17) is 0 Å². The summed E-state index contributed by atoms with van der Waals surface area (Å²) in [4.78, 5) is -0.953. The van der Waals surface area contributed by atoms with Gasteiger partial charge in [0.1, 0.15) is 0 Å². The number of primary sulfonamides is 1. The zero-order valence-corrected chi connectivity index (χ0v) is 11.0. The van der Waals surface area contributed by atoms with Crippen LogP contribution < -0.4 is 5.14 Å². The van der Waals surface area contributed by atoms with Gasteiger partial charge in [-0.05, 0) is 12.1 Å². The summed E-state index contributed by atoms with van der Waals surface area (Å²) in [6.07, 6.45) is -4.84. The summed E-state index contributed by atoms with van der Waals surface area (Å²) in [5.74, 6) is -1.94. The Hall–Kier alpha value is -1.13. The highest BCUT2D eigenvalue weighted by Crippen LogP contribution is 2.34. The van der Waals surface area contributed by atoms with E-state index < -0.39 is 48.0 Å². The molecule has 0 radical (unpaired) electrons. The molecule has 0 heterocycles. The molecule has 0 unspecified atom stereocenters. The van der Waals surface area contributed by atoms with Crippen LogP contribution in [0.15, 0.2) is 29.2 Å². The van der Waals surface area contributed by atoms with Crippen molar-refractivity contribution in [3.8, 4) is 0 Å². The van der Waals surface area contributed by atoms with Crippen molar-refractivity contribution in [2.24, 2.45) is 5.14 Å². The van der Waals surface area contributed by atoms with Gasteiger partial charge in [-0.2, -0.15) is 13.2 Å². The Kier molecular flexibility index (Phi) is 4.27. The number of benzene rings is 1. The molecule has 0 aliphatic carbocycles. The molecule has 108 valence electrons. The number of sulfone groups is 1. The zero-order chi connectivity index (χ0) is 14.9. The molecule has 0 aliphatic heterocycles. The van der Waals surface area contributed by atoms with Crippen molar-refractivity contribution in [2.75, 3.05) is 11.5 Å². The number of halogens is 3. The zero-order valence-electron chi connectivity index (χ0n) is 9.38. The van der Waals surface area contributed by atoms with Gasteiger partial charge in [-0.3, -0.25) is 0 Å². The lowest BCUT2D eigenvalue weighted by molar-refractivity contribution is -0.139. The third kappa shape index (κ3) is 4.48. The molecule has 1 aromatic carbocycles. The van der Waals surface area contributed by atoms with Gasteiger partial charge in [0.15, 0.2) is 9.84 Å². The van der Waals surface area contributed by atoms with E-state index >= 15 is 0 Å². The highest BCUT2D eigenvalue weighted by Gasteiger charge is 2.36. The number of hydrogen-bond acceptors (Lipinski definition) is 4. The van der Waals surface area contributed by atoms with Gasteiger partial charge in [0.25, 0.3) is 0 Å². The van der Waals surface area contributed by atoms with E-state index in [0.717, 1.165) is 18.2 Å². The molecule has 0 saturated carbocycles. The summed E-state index contributed by atoms with van der Waals surface area (Å²) >= 11 is 0. The minimum absolute atomic E-state index is 0.615. The Morgan fingerprint density at radius 3 is 2.00 bits per heavy atom. The average Bonchev–Trinajstić information content (AvgIpc) is 2.25. The topological polar surface area (TPSA) is 94.3 Å². The molecule has 0 atom stereocenters. The Morgan fingerprint density at radius 2 is 1.53 bits per heavy atom. The van der Waals surface area contributed by atoms with Gasteiger partial charge in [0, 0.05) is 0 Å². The molecule has 1 aromatic rings. The number of nitrogens with two attached hydrogens (primary N) is 1. The molecule has 0 saturated heterocycles. The van der Waals surface area contributed by atoms with E-state index in [0.29, 0.717) is 6.07 Å². The lowest BCUT2D eigenvalue weighted by atomic mass is 10.2. The van der Waals surface area contributed by atoms with E-state index in [2.05, 4.69) is 5.14 Å². The molecule has 19 heavy (non-hydrogen) atoms. The van der Waals surface area contributed by atoms with Crippen molar-refractivity contribution in [3.63, 3.8) is 0 Å². The summed E-state index contributed by atoms with van der Waals surface area (Å²) < 4.78 is 82.8. The first-order chi connectivity index (χ1) is 8.43. The molecule has 1 rings (SSSR count). The summed E-state index contributed by atoms with van der Waals surface area (Å²) in [6, 6.07) is 3.56. The first-order valence-electron chi connectivity index (χ1n) is 4.83. The monoisotopic (exact) mass is 317 g/mol. The highest BCUT2D eigenvalue weighted by atomic mass is 32.2. The normalized spacial score (nSPS) is 13.5. The van der Waals surface area contributed by atoms with Crippen molar-refractivity contribution in [3.05, 3.63) is 29.8 Å². The Balaban J connectivity index is 3.23.